The molecule has 0 aromatic heterocycles. The quantitative estimate of drug-likeness (QED) is 0.543. The molecule has 1 aliphatic rings. The van der Waals surface area contributed by atoms with Gasteiger partial charge in [-0.3, -0.25) is 4.90 Å². The van der Waals surface area contributed by atoms with Gasteiger partial charge in [0.2, 0.25) is 0 Å². The monoisotopic (exact) mass is 244 g/mol. The minimum atomic E-state index is -0.421. The third-order valence-corrected chi connectivity index (χ3v) is 2.59. The van der Waals surface area contributed by atoms with Crippen molar-refractivity contribution in [3.8, 4) is 0 Å². The van der Waals surface area contributed by atoms with E-state index in [1.807, 2.05) is 6.92 Å². The lowest BCUT2D eigenvalue weighted by molar-refractivity contribution is 0.0349. The van der Waals surface area contributed by atoms with E-state index in [4.69, 9.17) is 4.74 Å². The Balaban J connectivity index is 2.25. The molecule has 1 aliphatic heterocycles. The van der Waals surface area contributed by atoms with E-state index in [2.05, 4.69) is 15.5 Å². The van der Waals surface area contributed by atoms with Gasteiger partial charge in [-0.2, -0.15) is 5.01 Å². The summed E-state index contributed by atoms with van der Waals surface area (Å²) >= 11 is 0. The Morgan fingerprint density at radius 1 is 1.47 bits per heavy atom. The van der Waals surface area contributed by atoms with Gasteiger partial charge in [0.25, 0.3) is 0 Å². The summed E-state index contributed by atoms with van der Waals surface area (Å²) in [6.07, 6.45) is 0.835. The van der Waals surface area contributed by atoms with Crippen molar-refractivity contribution in [3.05, 3.63) is 4.91 Å². The van der Waals surface area contributed by atoms with Gasteiger partial charge in [0, 0.05) is 26.2 Å². The average molecular weight is 244 g/mol. The Morgan fingerprint density at radius 3 is 2.76 bits per heavy atom. The maximum absolute atomic E-state index is 11.5. The molecule has 0 saturated carbocycles. The highest BCUT2D eigenvalue weighted by Crippen LogP contribution is 1.98. The Hall–Kier alpha value is -1.21. The number of carbonyl (C=O) groups is 1. The number of nitroso groups, excluding NO2 is 1. The van der Waals surface area contributed by atoms with Gasteiger partial charge in [-0.25, -0.2) is 4.79 Å². The number of nitrogens with one attached hydrogen (secondary N) is 1. The van der Waals surface area contributed by atoms with Crippen molar-refractivity contribution in [2.75, 3.05) is 45.9 Å². The molecule has 0 bridgehead atoms. The Bertz CT molecular complexity index is 244. The normalized spacial score (nSPS) is 16.5. The highest BCUT2D eigenvalue weighted by molar-refractivity contribution is 5.73. The van der Waals surface area contributed by atoms with E-state index in [9.17, 15) is 9.70 Å². The van der Waals surface area contributed by atoms with Gasteiger partial charge in [-0.05, 0) is 6.42 Å². The number of morpholine rings is 1. The standard InChI is InChI=1S/C10H20N4O3/c1-2-3-11-10(15)14(12-16)5-4-13-6-8-17-9-7-13/h2-9H2,1H3,(H,11,15). The van der Waals surface area contributed by atoms with Gasteiger partial charge in [0.05, 0.1) is 25.0 Å². The first kappa shape index (κ1) is 13.9. The molecule has 1 rings (SSSR count). The van der Waals surface area contributed by atoms with Crippen LogP contribution in [-0.4, -0.2) is 61.9 Å². The summed E-state index contributed by atoms with van der Waals surface area (Å²) in [7, 11) is 0. The fourth-order valence-electron chi connectivity index (χ4n) is 1.56. The van der Waals surface area contributed by atoms with Gasteiger partial charge >= 0.3 is 6.03 Å². The maximum Gasteiger partial charge on any atom is 0.340 e. The summed E-state index contributed by atoms with van der Waals surface area (Å²) in [5.41, 5.74) is 0. The largest absolute Gasteiger partial charge is 0.379 e. The zero-order chi connectivity index (χ0) is 12.5. The zero-order valence-electron chi connectivity index (χ0n) is 10.2. The van der Waals surface area contributed by atoms with Crippen LogP contribution < -0.4 is 5.32 Å². The molecule has 0 radical (unpaired) electrons. The predicted molar refractivity (Wildman–Crippen MR) is 63.4 cm³/mol. The molecule has 7 heteroatoms. The first-order valence-electron chi connectivity index (χ1n) is 5.96. The van der Waals surface area contributed by atoms with Crippen molar-refractivity contribution >= 4 is 6.03 Å². The van der Waals surface area contributed by atoms with Gasteiger partial charge < -0.3 is 10.1 Å². The van der Waals surface area contributed by atoms with Crippen LogP contribution in [0, 0.1) is 4.91 Å². The minimum Gasteiger partial charge on any atom is -0.379 e. The van der Waals surface area contributed by atoms with Crippen LogP contribution in [0.4, 0.5) is 4.79 Å². The van der Waals surface area contributed by atoms with Crippen LogP contribution in [0.1, 0.15) is 13.3 Å². The summed E-state index contributed by atoms with van der Waals surface area (Å²) in [4.78, 5) is 24.2. The van der Waals surface area contributed by atoms with E-state index >= 15 is 0 Å². The van der Waals surface area contributed by atoms with Crippen LogP contribution in [0.15, 0.2) is 5.29 Å². The van der Waals surface area contributed by atoms with Gasteiger partial charge in [-0.1, -0.05) is 6.92 Å². The van der Waals surface area contributed by atoms with Crippen LogP contribution in [0.2, 0.25) is 0 Å². The number of hydrogen-bond donors (Lipinski definition) is 1. The maximum atomic E-state index is 11.5. The van der Waals surface area contributed by atoms with E-state index in [0.717, 1.165) is 24.5 Å². The van der Waals surface area contributed by atoms with Crippen LogP contribution in [0.25, 0.3) is 0 Å². The third-order valence-electron chi connectivity index (χ3n) is 2.59. The van der Waals surface area contributed by atoms with Crippen molar-refractivity contribution in [1.82, 2.24) is 15.2 Å². The molecule has 98 valence electrons. The molecule has 0 spiro atoms. The van der Waals surface area contributed by atoms with Crippen molar-refractivity contribution in [3.63, 3.8) is 0 Å². The summed E-state index contributed by atoms with van der Waals surface area (Å²) in [6, 6.07) is -0.421. The molecule has 1 fully saturated rings. The Kier molecular flexibility index (Phi) is 6.49. The number of ether oxygens (including phenoxy) is 1. The fourth-order valence-corrected chi connectivity index (χ4v) is 1.56. The summed E-state index contributed by atoms with van der Waals surface area (Å²) in [5.74, 6) is 0. The number of nitrogens with zero attached hydrogens (tertiary/aromatic N) is 3. The lowest BCUT2D eigenvalue weighted by Gasteiger charge is -2.27. The highest BCUT2D eigenvalue weighted by Gasteiger charge is 2.16. The van der Waals surface area contributed by atoms with Crippen molar-refractivity contribution in [2.45, 2.75) is 13.3 Å². The molecule has 2 amide bonds. The SMILES string of the molecule is CCCNC(=O)N(CCN1CCOCC1)N=O. The summed E-state index contributed by atoms with van der Waals surface area (Å²) < 4.78 is 5.21. The van der Waals surface area contributed by atoms with Crippen LogP contribution in [-0.2, 0) is 4.74 Å². The molecule has 17 heavy (non-hydrogen) atoms. The van der Waals surface area contributed by atoms with Gasteiger partial charge in [0.1, 0.15) is 0 Å². The van der Waals surface area contributed by atoms with Gasteiger partial charge in [0.15, 0.2) is 0 Å². The second-order valence-electron chi connectivity index (χ2n) is 3.89. The second kappa shape index (κ2) is 7.97. The molecule has 0 aromatic rings. The van der Waals surface area contributed by atoms with Gasteiger partial charge in [-0.15, -0.1) is 4.91 Å². The van der Waals surface area contributed by atoms with Crippen molar-refractivity contribution in [1.29, 1.82) is 0 Å². The first-order chi connectivity index (χ1) is 8.27. The number of amides is 2. The van der Waals surface area contributed by atoms with Crippen LogP contribution in [0.3, 0.4) is 0 Å². The number of hydrogen-bond acceptors (Lipinski definition) is 5. The van der Waals surface area contributed by atoms with E-state index in [1.165, 1.54) is 0 Å². The second-order valence-corrected chi connectivity index (χ2v) is 3.89. The molecule has 1 saturated heterocycles. The summed E-state index contributed by atoms with van der Waals surface area (Å²) in [6.45, 7) is 6.56. The molecule has 7 nitrogen and oxygen atoms in total. The molecular weight excluding hydrogens is 224 g/mol. The van der Waals surface area contributed by atoms with Crippen molar-refractivity contribution < 1.29 is 9.53 Å². The highest BCUT2D eigenvalue weighted by atomic mass is 16.5. The predicted octanol–water partition coefficient (Wildman–Crippen LogP) is 0.422. The number of urea groups is 1. The lowest BCUT2D eigenvalue weighted by Crippen LogP contribution is -2.44. The Labute approximate surface area is 101 Å². The molecule has 0 atom stereocenters. The third kappa shape index (κ3) is 5.10. The van der Waals surface area contributed by atoms with Crippen LogP contribution >= 0.6 is 0 Å². The zero-order valence-corrected chi connectivity index (χ0v) is 10.2. The van der Waals surface area contributed by atoms with E-state index < -0.39 is 6.03 Å². The fraction of sp³-hybridized carbons (Fsp3) is 0.900. The van der Waals surface area contributed by atoms with Crippen molar-refractivity contribution in [2.24, 2.45) is 5.29 Å². The topological polar surface area (TPSA) is 74.2 Å². The smallest absolute Gasteiger partial charge is 0.340 e. The summed E-state index contributed by atoms with van der Waals surface area (Å²) in [5, 5.41) is 6.30. The van der Waals surface area contributed by atoms with E-state index in [-0.39, 0.29) is 0 Å². The van der Waals surface area contributed by atoms with Crippen LogP contribution in [0.5, 0.6) is 0 Å². The first-order valence-corrected chi connectivity index (χ1v) is 5.96. The number of rotatable bonds is 6. The lowest BCUT2D eigenvalue weighted by atomic mass is 10.4. The average Bonchev–Trinajstić information content (AvgIpc) is 2.38. The molecular formula is C10H20N4O3. The number of carbonyl (C=O) groups excluding carboxylic acids is 1. The molecule has 1 N–H and O–H groups in total. The van der Waals surface area contributed by atoms with E-state index in [1.54, 1.807) is 0 Å². The molecule has 1 heterocycles. The molecule has 0 aromatic carbocycles. The Morgan fingerprint density at radius 2 is 2.18 bits per heavy atom. The van der Waals surface area contributed by atoms with E-state index in [0.29, 0.717) is 32.8 Å². The minimum absolute atomic E-state index is 0.318. The molecule has 0 unspecified atom stereocenters. The molecule has 0 aliphatic carbocycles.